The molecule has 128 valence electrons. The molecule has 1 unspecified atom stereocenters. The fourth-order valence-corrected chi connectivity index (χ4v) is 2.71. The molecule has 0 saturated carbocycles. The number of carbonyl (C=O) groups is 1. The highest BCUT2D eigenvalue weighted by atomic mass is 16.3. The molecule has 4 nitrogen and oxygen atoms in total. The highest BCUT2D eigenvalue weighted by molar-refractivity contribution is 5.74. The largest absolute Gasteiger partial charge is 0.396 e. The smallest absolute Gasteiger partial charge is 0.315 e. The maximum absolute atomic E-state index is 12.2. The van der Waals surface area contributed by atoms with E-state index >= 15 is 0 Å². The highest BCUT2D eigenvalue weighted by Crippen LogP contribution is 2.17. The molecule has 2 amide bonds. The number of aliphatic hydroxyl groups is 1. The van der Waals surface area contributed by atoms with E-state index in [1.165, 1.54) is 11.1 Å². The average molecular weight is 326 g/mol. The van der Waals surface area contributed by atoms with E-state index in [1.54, 1.807) is 0 Å². The number of nitrogens with one attached hydrogen (secondary N) is 2. The van der Waals surface area contributed by atoms with Crippen molar-refractivity contribution in [3.63, 3.8) is 0 Å². The first-order valence-corrected chi connectivity index (χ1v) is 8.45. The SMILES string of the molecule is Cc1ccccc1CCNC(=O)NC(CCCO)c1ccccc1. The Kier molecular flexibility index (Phi) is 7.30. The van der Waals surface area contributed by atoms with Gasteiger partial charge in [-0.2, -0.15) is 0 Å². The molecule has 0 aliphatic heterocycles. The summed E-state index contributed by atoms with van der Waals surface area (Å²) in [5.41, 5.74) is 3.54. The van der Waals surface area contributed by atoms with Gasteiger partial charge in [0.05, 0.1) is 6.04 Å². The molecule has 2 aromatic carbocycles. The molecule has 0 bridgehead atoms. The Hall–Kier alpha value is -2.33. The molecule has 0 aromatic heterocycles. The summed E-state index contributed by atoms with van der Waals surface area (Å²) < 4.78 is 0. The number of benzene rings is 2. The van der Waals surface area contributed by atoms with E-state index in [0.29, 0.717) is 19.4 Å². The van der Waals surface area contributed by atoms with E-state index in [-0.39, 0.29) is 18.7 Å². The summed E-state index contributed by atoms with van der Waals surface area (Å²) in [7, 11) is 0. The molecule has 0 radical (unpaired) electrons. The van der Waals surface area contributed by atoms with Gasteiger partial charge < -0.3 is 15.7 Å². The fraction of sp³-hybridized carbons (Fsp3) is 0.350. The van der Waals surface area contributed by atoms with Crippen molar-refractivity contribution in [1.82, 2.24) is 10.6 Å². The second-order valence-electron chi connectivity index (χ2n) is 5.91. The molecule has 0 heterocycles. The first kappa shape index (κ1) is 18.0. The van der Waals surface area contributed by atoms with Crippen LogP contribution in [0.1, 0.15) is 35.6 Å². The van der Waals surface area contributed by atoms with Gasteiger partial charge in [0.15, 0.2) is 0 Å². The van der Waals surface area contributed by atoms with E-state index in [9.17, 15) is 4.79 Å². The summed E-state index contributed by atoms with van der Waals surface area (Å²) in [6, 6.07) is 17.8. The number of aryl methyl sites for hydroxylation is 1. The molecule has 1 atom stereocenters. The second-order valence-corrected chi connectivity index (χ2v) is 5.91. The zero-order chi connectivity index (χ0) is 17.2. The van der Waals surface area contributed by atoms with E-state index in [2.05, 4.69) is 29.7 Å². The van der Waals surface area contributed by atoms with Gasteiger partial charge in [-0.25, -0.2) is 4.79 Å². The van der Waals surface area contributed by atoms with Crippen LogP contribution in [-0.2, 0) is 6.42 Å². The van der Waals surface area contributed by atoms with Gasteiger partial charge in [0.25, 0.3) is 0 Å². The molecule has 4 heteroatoms. The van der Waals surface area contributed by atoms with Crippen LogP contribution in [0.25, 0.3) is 0 Å². The lowest BCUT2D eigenvalue weighted by Crippen LogP contribution is -2.39. The third-order valence-electron chi connectivity index (χ3n) is 4.10. The monoisotopic (exact) mass is 326 g/mol. The first-order chi connectivity index (χ1) is 11.7. The summed E-state index contributed by atoms with van der Waals surface area (Å²) in [5, 5.41) is 15.0. The van der Waals surface area contributed by atoms with Gasteiger partial charge in [-0.15, -0.1) is 0 Å². The van der Waals surface area contributed by atoms with Crippen LogP contribution < -0.4 is 10.6 Å². The van der Waals surface area contributed by atoms with Crippen molar-refractivity contribution in [2.75, 3.05) is 13.2 Å². The maximum atomic E-state index is 12.2. The van der Waals surface area contributed by atoms with Gasteiger partial charge >= 0.3 is 6.03 Å². The van der Waals surface area contributed by atoms with Crippen molar-refractivity contribution in [3.05, 3.63) is 71.3 Å². The summed E-state index contributed by atoms with van der Waals surface area (Å²) in [6.45, 7) is 2.80. The molecule has 0 fully saturated rings. The van der Waals surface area contributed by atoms with Crippen molar-refractivity contribution in [2.24, 2.45) is 0 Å². The van der Waals surface area contributed by atoms with Crippen molar-refractivity contribution in [3.8, 4) is 0 Å². The van der Waals surface area contributed by atoms with Gasteiger partial charge in [-0.3, -0.25) is 0 Å². The number of carbonyl (C=O) groups excluding carboxylic acids is 1. The number of rotatable bonds is 8. The summed E-state index contributed by atoms with van der Waals surface area (Å²) in [5.74, 6) is 0. The number of urea groups is 1. The highest BCUT2D eigenvalue weighted by Gasteiger charge is 2.13. The number of hydrogen-bond donors (Lipinski definition) is 3. The van der Waals surface area contributed by atoms with Crippen LogP contribution in [0.15, 0.2) is 54.6 Å². The van der Waals surface area contributed by atoms with Crippen molar-refractivity contribution >= 4 is 6.03 Å². The molecule has 3 N–H and O–H groups in total. The van der Waals surface area contributed by atoms with Crippen LogP contribution in [0, 0.1) is 6.92 Å². The average Bonchev–Trinajstić information content (AvgIpc) is 2.61. The molecule has 0 saturated heterocycles. The molecule has 0 spiro atoms. The zero-order valence-electron chi connectivity index (χ0n) is 14.2. The minimum absolute atomic E-state index is 0.0863. The van der Waals surface area contributed by atoms with E-state index in [1.807, 2.05) is 42.5 Å². The minimum Gasteiger partial charge on any atom is -0.396 e. The van der Waals surface area contributed by atoms with Crippen LogP contribution in [0.2, 0.25) is 0 Å². The second kappa shape index (κ2) is 9.73. The predicted molar refractivity (Wildman–Crippen MR) is 96.9 cm³/mol. The lowest BCUT2D eigenvalue weighted by molar-refractivity contribution is 0.233. The van der Waals surface area contributed by atoms with Crippen molar-refractivity contribution < 1.29 is 9.90 Å². The first-order valence-electron chi connectivity index (χ1n) is 8.45. The van der Waals surface area contributed by atoms with E-state index < -0.39 is 0 Å². The molecule has 0 aliphatic carbocycles. The van der Waals surface area contributed by atoms with Gasteiger partial charge in [0.1, 0.15) is 0 Å². The maximum Gasteiger partial charge on any atom is 0.315 e. The van der Waals surface area contributed by atoms with Crippen LogP contribution in [0.3, 0.4) is 0 Å². The predicted octanol–water partition coefficient (Wildman–Crippen LogP) is 3.35. The Morgan fingerprint density at radius 2 is 1.79 bits per heavy atom. The molecule has 0 aliphatic rings. The molecule has 24 heavy (non-hydrogen) atoms. The molecular weight excluding hydrogens is 300 g/mol. The van der Waals surface area contributed by atoms with Gasteiger partial charge in [0, 0.05) is 13.2 Å². The van der Waals surface area contributed by atoms with Gasteiger partial charge in [0.2, 0.25) is 0 Å². The van der Waals surface area contributed by atoms with Gasteiger partial charge in [-0.1, -0.05) is 54.6 Å². The van der Waals surface area contributed by atoms with E-state index in [0.717, 1.165) is 12.0 Å². The summed E-state index contributed by atoms with van der Waals surface area (Å²) in [6.07, 6.45) is 2.18. The Morgan fingerprint density at radius 3 is 2.50 bits per heavy atom. The van der Waals surface area contributed by atoms with Crippen LogP contribution in [-0.4, -0.2) is 24.3 Å². The minimum atomic E-state index is -0.171. The quantitative estimate of drug-likeness (QED) is 0.696. The lowest BCUT2D eigenvalue weighted by atomic mass is 10.0. The third kappa shape index (κ3) is 5.70. The van der Waals surface area contributed by atoms with Crippen LogP contribution >= 0.6 is 0 Å². The Labute approximate surface area is 143 Å². The number of amides is 2. The Bertz CT molecular complexity index is 629. The van der Waals surface area contributed by atoms with Gasteiger partial charge in [-0.05, 0) is 42.9 Å². The normalized spacial score (nSPS) is 11.8. The van der Waals surface area contributed by atoms with Crippen LogP contribution in [0.5, 0.6) is 0 Å². The molecular formula is C20H26N2O2. The third-order valence-corrected chi connectivity index (χ3v) is 4.10. The standard InChI is InChI=1S/C20H26N2O2/c1-16-8-5-6-9-17(16)13-14-21-20(24)22-19(12-7-15-23)18-10-3-2-4-11-18/h2-6,8-11,19,23H,7,12-15H2,1H3,(H2,21,22,24). The van der Waals surface area contributed by atoms with Crippen LogP contribution in [0.4, 0.5) is 4.79 Å². The summed E-state index contributed by atoms with van der Waals surface area (Å²) in [4.78, 5) is 12.2. The molecule has 2 rings (SSSR count). The topological polar surface area (TPSA) is 61.4 Å². The fourth-order valence-electron chi connectivity index (χ4n) is 2.71. The zero-order valence-corrected chi connectivity index (χ0v) is 14.2. The Morgan fingerprint density at radius 1 is 1.08 bits per heavy atom. The van der Waals surface area contributed by atoms with E-state index in [4.69, 9.17) is 5.11 Å². The number of hydrogen-bond acceptors (Lipinski definition) is 2. The number of aliphatic hydroxyl groups excluding tert-OH is 1. The van der Waals surface area contributed by atoms with Crippen molar-refractivity contribution in [2.45, 2.75) is 32.2 Å². The summed E-state index contributed by atoms with van der Waals surface area (Å²) >= 11 is 0. The Balaban J connectivity index is 1.85. The lowest BCUT2D eigenvalue weighted by Gasteiger charge is -2.19. The van der Waals surface area contributed by atoms with Crippen molar-refractivity contribution in [1.29, 1.82) is 0 Å². The molecule has 2 aromatic rings.